The van der Waals surface area contributed by atoms with Crippen molar-refractivity contribution in [2.75, 3.05) is 0 Å². The second-order valence-corrected chi connectivity index (χ2v) is 6.04. The van der Waals surface area contributed by atoms with Crippen molar-refractivity contribution in [3.05, 3.63) is 48.2 Å². The Bertz CT molecular complexity index is 1090. The van der Waals surface area contributed by atoms with E-state index in [9.17, 15) is 0 Å². The number of nitrogens with zero attached hydrogens (tertiary/aromatic N) is 3. The molecule has 0 radical (unpaired) electrons. The van der Waals surface area contributed by atoms with E-state index in [0.717, 1.165) is 31.7 Å². The second kappa shape index (κ2) is 3.46. The van der Waals surface area contributed by atoms with E-state index in [1.54, 1.807) is 17.5 Å². The molecule has 0 fully saturated rings. The lowest BCUT2D eigenvalue weighted by Crippen LogP contribution is -2.30. The summed E-state index contributed by atoms with van der Waals surface area (Å²) in [6.45, 7) is -1.58. The highest BCUT2D eigenvalue weighted by Gasteiger charge is 2.35. The largest absolute Gasteiger partial charge is 0.309 e. The van der Waals surface area contributed by atoms with Crippen LogP contribution in [0.15, 0.2) is 42.6 Å². The van der Waals surface area contributed by atoms with Crippen LogP contribution in [-0.2, 0) is 13.5 Å². The molecule has 5 rings (SSSR count). The van der Waals surface area contributed by atoms with Crippen molar-refractivity contribution in [3.63, 3.8) is 0 Å². The number of pyridine rings is 1. The summed E-state index contributed by atoms with van der Waals surface area (Å²) < 4.78 is 28.8. The molecule has 0 saturated heterocycles. The third-order valence-corrected chi connectivity index (χ3v) is 5.10. The third kappa shape index (κ3) is 1.11. The standard InChI is InChI=1S/C16H12N3S/c1-18-14-11-6-2-3-7-12(11)20-16(14)19-9-10-5-4-8-17-13(10)15(18)19/h2-8H,9H2,1H3/q+1/i1D3. The third-order valence-electron chi connectivity index (χ3n) is 3.92. The number of benzene rings is 1. The van der Waals surface area contributed by atoms with Crippen LogP contribution in [-0.4, -0.2) is 9.55 Å². The van der Waals surface area contributed by atoms with E-state index >= 15 is 0 Å². The van der Waals surface area contributed by atoms with E-state index in [1.165, 1.54) is 4.57 Å². The Morgan fingerprint density at radius 2 is 2.25 bits per heavy atom. The minimum Gasteiger partial charge on any atom is -0.248 e. The summed E-state index contributed by atoms with van der Waals surface area (Å²) in [6, 6.07) is 11.9. The molecule has 0 N–H and O–H groups in total. The van der Waals surface area contributed by atoms with Gasteiger partial charge in [0.05, 0.1) is 11.1 Å². The summed E-state index contributed by atoms with van der Waals surface area (Å²) >= 11 is 1.64. The SMILES string of the molecule is [2H]C([2H])([2H])n1c2[n+](c3sc4ccccc4c31)Cc1cccnc1-2. The molecule has 0 saturated carbocycles. The maximum absolute atomic E-state index is 8.06. The monoisotopic (exact) mass is 281 g/mol. The van der Waals surface area contributed by atoms with Gasteiger partial charge in [-0.1, -0.05) is 29.5 Å². The molecular formula is C16H12N3S+. The average Bonchev–Trinajstić information content (AvgIpc) is 3.13. The van der Waals surface area contributed by atoms with Gasteiger partial charge in [0.15, 0.2) is 11.2 Å². The predicted octanol–water partition coefficient (Wildman–Crippen LogP) is 3.10. The summed E-state index contributed by atoms with van der Waals surface area (Å²) in [5.41, 5.74) is 2.63. The van der Waals surface area contributed by atoms with E-state index < -0.39 is 6.98 Å². The maximum Gasteiger partial charge on any atom is 0.309 e. The number of thiophene rings is 1. The van der Waals surface area contributed by atoms with Gasteiger partial charge in [-0.15, -0.1) is 0 Å². The van der Waals surface area contributed by atoms with Gasteiger partial charge in [-0.25, -0.2) is 14.1 Å². The topological polar surface area (TPSA) is 21.7 Å². The van der Waals surface area contributed by atoms with E-state index in [1.807, 2.05) is 36.4 Å². The van der Waals surface area contributed by atoms with Crippen molar-refractivity contribution in [1.29, 1.82) is 0 Å². The van der Waals surface area contributed by atoms with Crippen molar-refractivity contribution in [2.45, 2.75) is 6.54 Å². The molecule has 3 aromatic heterocycles. The summed E-state index contributed by atoms with van der Waals surface area (Å²) in [4.78, 5) is 5.44. The lowest BCUT2D eigenvalue weighted by atomic mass is 10.2. The van der Waals surface area contributed by atoms with Crippen LogP contribution in [0.2, 0.25) is 0 Å². The van der Waals surface area contributed by atoms with Crippen LogP contribution in [0.5, 0.6) is 0 Å². The molecule has 0 spiro atoms. The normalized spacial score (nSPS) is 15.9. The number of hydrogen-bond donors (Lipinski definition) is 0. The Hall–Kier alpha value is -2.20. The Kier molecular flexibility index (Phi) is 1.41. The molecule has 0 atom stereocenters. The van der Waals surface area contributed by atoms with Crippen molar-refractivity contribution in [2.24, 2.45) is 6.98 Å². The summed E-state index contributed by atoms with van der Waals surface area (Å²) in [5.74, 6) is 0.688. The number of aryl methyl sites for hydroxylation is 1. The molecule has 0 bridgehead atoms. The smallest absolute Gasteiger partial charge is 0.248 e. The molecule has 96 valence electrons. The van der Waals surface area contributed by atoms with Crippen LogP contribution in [0.1, 0.15) is 9.68 Å². The molecule has 1 aromatic carbocycles. The number of imidazole rings is 1. The van der Waals surface area contributed by atoms with Gasteiger partial charge in [-0.05, 0) is 18.2 Å². The van der Waals surface area contributed by atoms with Gasteiger partial charge in [-0.3, -0.25) is 0 Å². The van der Waals surface area contributed by atoms with Crippen LogP contribution in [0.25, 0.3) is 32.0 Å². The molecule has 20 heavy (non-hydrogen) atoms. The fraction of sp³-hybridized carbons (Fsp3) is 0.125. The summed E-state index contributed by atoms with van der Waals surface area (Å²) in [7, 11) is 0. The molecule has 1 aliphatic rings. The van der Waals surface area contributed by atoms with Crippen LogP contribution in [0, 0.1) is 0 Å². The zero-order valence-corrected chi connectivity index (χ0v) is 11.3. The highest BCUT2D eigenvalue weighted by Crippen LogP contribution is 2.37. The fourth-order valence-electron chi connectivity index (χ4n) is 3.06. The van der Waals surface area contributed by atoms with Gasteiger partial charge in [0, 0.05) is 21.8 Å². The molecule has 4 aromatic rings. The van der Waals surface area contributed by atoms with Crippen LogP contribution in [0.4, 0.5) is 0 Å². The Morgan fingerprint density at radius 3 is 3.20 bits per heavy atom. The van der Waals surface area contributed by atoms with Crippen molar-refractivity contribution in [3.8, 4) is 11.5 Å². The molecule has 4 heteroatoms. The Morgan fingerprint density at radius 1 is 1.30 bits per heavy atom. The first-order valence-electron chi connectivity index (χ1n) is 7.96. The molecular weight excluding hydrogens is 266 g/mol. The van der Waals surface area contributed by atoms with Crippen LogP contribution < -0.4 is 4.57 Å². The maximum atomic E-state index is 8.06. The second-order valence-electron chi connectivity index (χ2n) is 5.01. The summed E-state index contributed by atoms with van der Waals surface area (Å²) in [5, 5.41) is 0.989. The summed E-state index contributed by atoms with van der Waals surface area (Å²) in [6.07, 6.45) is 1.72. The van der Waals surface area contributed by atoms with Gasteiger partial charge in [-0.2, -0.15) is 0 Å². The number of hydrogen-bond acceptors (Lipinski definition) is 2. The minimum atomic E-state index is -2.25. The van der Waals surface area contributed by atoms with Gasteiger partial charge in [0.2, 0.25) is 4.83 Å². The van der Waals surface area contributed by atoms with E-state index in [-0.39, 0.29) is 0 Å². The average molecular weight is 281 g/mol. The highest BCUT2D eigenvalue weighted by molar-refractivity contribution is 7.25. The Balaban J connectivity index is 2.01. The van der Waals surface area contributed by atoms with E-state index in [4.69, 9.17) is 4.11 Å². The zero-order chi connectivity index (χ0) is 15.8. The number of fused-ring (bicyclic) bond motifs is 7. The lowest BCUT2D eigenvalue weighted by Gasteiger charge is -1.94. The fourth-order valence-corrected chi connectivity index (χ4v) is 4.25. The first-order chi connectivity index (χ1) is 11.1. The molecule has 0 unspecified atom stereocenters. The van der Waals surface area contributed by atoms with Crippen molar-refractivity contribution < 1.29 is 8.68 Å². The van der Waals surface area contributed by atoms with Crippen LogP contribution >= 0.6 is 11.3 Å². The van der Waals surface area contributed by atoms with Crippen molar-refractivity contribution >= 4 is 31.8 Å². The first-order valence-corrected chi connectivity index (χ1v) is 7.28. The van der Waals surface area contributed by atoms with Gasteiger partial charge >= 0.3 is 5.82 Å². The Labute approximate surface area is 123 Å². The van der Waals surface area contributed by atoms with Gasteiger partial charge < -0.3 is 0 Å². The van der Waals surface area contributed by atoms with Crippen molar-refractivity contribution in [1.82, 2.24) is 9.55 Å². The van der Waals surface area contributed by atoms with E-state index in [0.29, 0.717) is 12.4 Å². The number of rotatable bonds is 0. The zero-order valence-electron chi connectivity index (χ0n) is 13.5. The first kappa shape index (κ1) is 8.17. The predicted molar refractivity (Wildman–Crippen MR) is 80.8 cm³/mol. The molecule has 0 amide bonds. The van der Waals surface area contributed by atoms with Gasteiger partial charge in [0.25, 0.3) is 0 Å². The molecule has 0 aliphatic carbocycles. The lowest BCUT2D eigenvalue weighted by molar-refractivity contribution is -0.644. The number of aromatic nitrogens is 3. The molecule has 3 nitrogen and oxygen atoms in total. The quantitative estimate of drug-likeness (QED) is 0.400. The van der Waals surface area contributed by atoms with E-state index in [2.05, 4.69) is 9.55 Å². The highest BCUT2D eigenvalue weighted by atomic mass is 32.1. The molecule has 1 aliphatic heterocycles. The van der Waals surface area contributed by atoms with Crippen LogP contribution in [0.3, 0.4) is 0 Å². The minimum absolute atomic E-state index is 0.672. The molecule has 4 heterocycles. The van der Waals surface area contributed by atoms with Gasteiger partial charge in [0.1, 0.15) is 6.54 Å².